The van der Waals surface area contributed by atoms with Gasteiger partial charge in [0.15, 0.2) is 0 Å². The maximum Gasteiger partial charge on any atom is 0.0573 e. The van der Waals surface area contributed by atoms with Crippen LogP contribution in [0.5, 0.6) is 0 Å². The predicted molar refractivity (Wildman–Crippen MR) is 60.7 cm³/mol. The molecule has 1 aliphatic rings. The van der Waals surface area contributed by atoms with Gasteiger partial charge in [-0.1, -0.05) is 6.08 Å². The molecule has 0 atom stereocenters. The zero-order chi connectivity index (χ0) is 9.97. The molecule has 4 heteroatoms. The molecule has 0 fully saturated rings. The minimum atomic E-state index is 0.966. The van der Waals surface area contributed by atoms with E-state index in [1.807, 2.05) is 12.1 Å². The highest BCUT2D eigenvalue weighted by molar-refractivity contribution is 7.97. The molecule has 0 saturated carbocycles. The predicted octanol–water partition coefficient (Wildman–Crippen LogP) is 1.83. The normalized spacial score (nSPS) is 16.6. The molecule has 1 heterocycles. The van der Waals surface area contributed by atoms with Crippen molar-refractivity contribution in [3.63, 3.8) is 0 Å². The Bertz CT molecular complexity index is 334. The van der Waals surface area contributed by atoms with E-state index >= 15 is 0 Å². The van der Waals surface area contributed by atoms with Crippen molar-refractivity contribution in [2.24, 2.45) is 5.14 Å². The van der Waals surface area contributed by atoms with E-state index in [2.05, 4.69) is 41.5 Å². The molecule has 1 aliphatic heterocycles. The van der Waals surface area contributed by atoms with Crippen LogP contribution in [-0.2, 0) is 0 Å². The number of likely N-dealkylation sites (N-methyl/N-ethyl adjacent to an activating group) is 1. The van der Waals surface area contributed by atoms with E-state index in [0.717, 1.165) is 11.4 Å². The fourth-order valence-corrected chi connectivity index (χ4v) is 1.76. The van der Waals surface area contributed by atoms with Crippen molar-refractivity contribution in [2.75, 3.05) is 18.6 Å². The SMILES string of the molecule is CN1CC=CN1c1ccc(SN)cc1. The molecule has 0 spiro atoms. The third-order valence-electron chi connectivity index (χ3n) is 2.22. The summed E-state index contributed by atoms with van der Waals surface area (Å²) >= 11 is 1.27. The van der Waals surface area contributed by atoms with E-state index in [9.17, 15) is 0 Å². The van der Waals surface area contributed by atoms with Crippen LogP contribution >= 0.6 is 11.9 Å². The number of benzene rings is 1. The third kappa shape index (κ3) is 1.77. The van der Waals surface area contributed by atoms with Crippen molar-refractivity contribution in [1.82, 2.24) is 5.01 Å². The lowest BCUT2D eigenvalue weighted by Crippen LogP contribution is -2.30. The molecule has 0 aromatic heterocycles. The number of anilines is 1. The van der Waals surface area contributed by atoms with Crippen LogP contribution in [0.2, 0.25) is 0 Å². The smallest absolute Gasteiger partial charge is 0.0573 e. The van der Waals surface area contributed by atoms with Gasteiger partial charge >= 0.3 is 0 Å². The summed E-state index contributed by atoms with van der Waals surface area (Å²) in [4.78, 5) is 1.08. The Labute approximate surface area is 88.3 Å². The zero-order valence-electron chi connectivity index (χ0n) is 8.05. The Morgan fingerprint density at radius 1 is 1.29 bits per heavy atom. The third-order valence-corrected chi connectivity index (χ3v) is 2.77. The van der Waals surface area contributed by atoms with Crippen LogP contribution in [0.15, 0.2) is 41.4 Å². The van der Waals surface area contributed by atoms with E-state index in [1.54, 1.807) is 0 Å². The van der Waals surface area contributed by atoms with Gasteiger partial charge in [0.25, 0.3) is 0 Å². The lowest BCUT2D eigenvalue weighted by molar-refractivity contribution is 0.397. The first-order valence-corrected chi connectivity index (χ1v) is 5.33. The van der Waals surface area contributed by atoms with Gasteiger partial charge in [-0.2, -0.15) is 0 Å². The van der Waals surface area contributed by atoms with Crippen LogP contribution < -0.4 is 10.1 Å². The molecule has 0 unspecified atom stereocenters. The molecule has 1 aromatic rings. The summed E-state index contributed by atoms with van der Waals surface area (Å²) in [6.45, 7) is 0.966. The lowest BCUT2D eigenvalue weighted by Gasteiger charge is -2.25. The first-order valence-electron chi connectivity index (χ1n) is 4.45. The van der Waals surface area contributed by atoms with Crippen LogP contribution in [0.1, 0.15) is 0 Å². The maximum atomic E-state index is 5.46. The Balaban J connectivity index is 2.20. The fraction of sp³-hybridized carbons (Fsp3) is 0.200. The molecular weight excluding hydrogens is 194 g/mol. The molecule has 3 nitrogen and oxygen atoms in total. The minimum Gasteiger partial charge on any atom is -0.282 e. The van der Waals surface area contributed by atoms with E-state index in [0.29, 0.717) is 0 Å². The number of nitrogens with zero attached hydrogens (tertiary/aromatic N) is 2. The molecule has 2 rings (SSSR count). The number of rotatable bonds is 2. The zero-order valence-corrected chi connectivity index (χ0v) is 8.87. The summed E-state index contributed by atoms with van der Waals surface area (Å²) in [5.41, 5.74) is 1.17. The highest BCUT2D eigenvalue weighted by atomic mass is 32.2. The van der Waals surface area contributed by atoms with Crippen molar-refractivity contribution in [2.45, 2.75) is 4.90 Å². The second kappa shape index (κ2) is 4.04. The van der Waals surface area contributed by atoms with Crippen molar-refractivity contribution in [3.05, 3.63) is 36.5 Å². The summed E-state index contributed by atoms with van der Waals surface area (Å²) in [5.74, 6) is 0. The highest BCUT2D eigenvalue weighted by Crippen LogP contribution is 2.22. The Morgan fingerprint density at radius 3 is 2.50 bits per heavy atom. The molecule has 1 aromatic carbocycles. The van der Waals surface area contributed by atoms with Crippen LogP contribution in [0.25, 0.3) is 0 Å². The molecule has 14 heavy (non-hydrogen) atoms. The second-order valence-corrected chi connectivity index (χ2v) is 3.89. The van der Waals surface area contributed by atoms with Crippen LogP contribution in [-0.4, -0.2) is 18.6 Å². The Morgan fingerprint density at radius 2 is 2.00 bits per heavy atom. The Kier molecular flexibility index (Phi) is 2.77. The largest absolute Gasteiger partial charge is 0.282 e. The number of nitrogens with two attached hydrogens (primary N) is 1. The molecule has 0 radical (unpaired) electrons. The molecule has 0 aliphatic carbocycles. The molecule has 0 bridgehead atoms. The second-order valence-electron chi connectivity index (χ2n) is 3.18. The monoisotopic (exact) mass is 207 g/mol. The average molecular weight is 207 g/mol. The van der Waals surface area contributed by atoms with E-state index in [-0.39, 0.29) is 0 Å². The lowest BCUT2D eigenvalue weighted by atomic mass is 10.3. The van der Waals surface area contributed by atoms with Crippen molar-refractivity contribution in [3.8, 4) is 0 Å². The highest BCUT2D eigenvalue weighted by Gasteiger charge is 2.12. The van der Waals surface area contributed by atoms with Gasteiger partial charge in [0, 0.05) is 24.7 Å². The summed E-state index contributed by atoms with van der Waals surface area (Å²) in [5, 5.41) is 9.72. The van der Waals surface area contributed by atoms with Crippen molar-refractivity contribution in [1.29, 1.82) is 0 Å². The first-order chi connectivity index (χ1) is 6.81. The number of hydrogen-bond donors (Lipinski definition) is 1. The van der Waals surface area contributed by atoms with Gasteiger partial charge in [0.05, 0.1) is 5.69 Å². The van der Waals surface area contributed by atoms with Gasteiger partial charge in [-0.25, -0.2) is 5.01 Å². The van der Waals surface area contributed by atoms with Gasteiger partial charge in [-0.05, 0) is 36.2 Å². The standard InChI is InChI=1S/C10H13N3S/c1-12-7-2-8-13(12)9-3-5-10(14-11)6-4-9/h2-6,8H,7,11H2,1H3. The quantitative estimate of drug-likeness (QED) is 0.750. The molecule has 2 N–H and O–H groups in total. The maximum absolute atomic E-state index is 5.46. The molecule has 74 valence electrons. The minimum absolute atomic E-state index is 0.966. The van der Waals surface area contributed by atoms with E-state index in [1.165, 1.54) is 17.6 Å². The summed E-state index contributed by atoms with van der Waals surface area (Å²) in [6.07, 6.45) is 4.20. The van der Waals surface area contributed by atoms with Crippen LogP contribution in [0.3, 0.4) is 0 Å². The van der Waals surface area contributed by atoms with Gasteiger partial charge in [-0.15, -0.1) is 0 Å². The van der Waals surface area contributed by atoms with Crippen molar-refractivity contribution < 1.29 is 0 Å². The van der Waals surface area contributed by atoms with E-state index < -0.39 is 0 Å². The Hall–Kier alpha value is -0.970. The summed E-state index contributed by atoms with van der Waals surface area (Å²) in [7, 11) is 2.06. The van der Waals surface area contributed by atoms with Gasteiger partial charge in [0.2, 0.25) is 0 Å². The van der Waals surface area contributed by atoms with Gasteiger partial charge in [0.1, 0.15) is 0 Å². The van der Waals surface area contributed by atoms with E-state index in [4.69, 9.17) is 5.14 Å². The molecule has 0 saturated heterocycles. The van der Waals surface area contributed by atoms with Crippen molar-refractivity contribution >= 4 is 17.6 Å². The molecule has 0 amide bonds. The average Bonchev–Trinajstić information content (AvgIpc) is 2.65. The van der Waals surface area contributed by atoms with Gasteiger partial charge < -0.3 is 0 Å². The topological polar surface area (TPSA) is 32.5 Å². The van der Waals surface area contributed by atoms with Crippen LogP contribution in [0.4, 0.5) is 5.69 Å². The van der Waals surface area contributed by atoms with Gasteiger partial charge in [-0.3, -0.25) is 10.1 Å². The molecular formula is C10H13N3S. The fourth-order valence-electron chi connectivity index (χ4n) is 1.46. The summed E-state index contributed by atoms with van der Waals surface area (Å²) in [6, 6.07) is 8.20. The number of hydrazine groups is 1. The summed E-state index contributed by atoms with van der Waals surface area (Å²) < 4.78 is 0. The first kappa shape index (κ1) is 9.58. The number of hydrogen-bond acceptors (Lipinski definition) is 4. The van der Waals surface area contributed by atoms with Crippen LogP contribution in [0, 0.1) is 0 Å².